The van der Waals surface area contributed by atoms with Crippen LogP contribution in [0.5, 0.6) is 0 Å². The van der Waals surface area contributed by atoms with E-state index in [0.29, 0.717) is 0 Å². The normalized spacial score (nSPS) is 11.9. The van der Waals surface area contributed by atoms with Gasteiger partial charge in [0.15, 0.2) is 0 Å². The first-order valence-electron chi connectivity index (χ1n) is 4.39. The average molecular weight is 196 g/mol. The minimum absolute atomic E-state index is 0.171. The fraction of sp³-hybridized carbons (Fsp3) is 0.500. The van der Waals surface area contributed by atoms with Gasteiger partial charge in [-0.25, -0.2) is 9.59 Å². The summed E-state index contributed by atoms with van der Waals surface area (Å²) in [7, 11) is 3.85. The summed E-state index contributed by atoms with van der Waals surface area (Å²) in [5, 5.41) is 8.28. The van der Waals surface area contributed by atoms with Crippen molar-refractivity contribution < 1.29 is 19.4 Å². The average Bonchev–Trinajstić information content (AvgIpc) is 1.99. The summed E-state index contributed by atoms with van der Waals surface area (Å²) >= 11 is 0. The zero-order chi connectivity index (χ0) is 11.4. The number of hydrogen-bond donors (Lipinski definition) is 1. The van der Waals surface area contributed by atoms with E-state index in [-0.39, 0.29) is 5.72 Å². The van der Waals surface area contributed by atoms with Gasteiger partial charge >= 0.3 is 11.9 Å². The zero-order valence-corrected chi connectivity index (χ0v) is 8.90. The van der Waals surface area contributed by atoms with Gasteiger partial charge in [0.1, 0.15) is 15.7 Å². The lowest BCUT2D eigenvalue weighted by Crippen LogP contribution is -2.33. The first-order chi connectivity index (χ1) is 6.25. The maximum absolute atomic E-state index is 11.1. The largest absolute Gasteiger partial charge is 0.478 e. The van der Waals surface area contributed by atoms with Crippen molar-refractivity contribution in [1.29, 1.82) is 0 Å². The molecular formula is C8H14B2O4. The van der Waals surface area contributed by atoms with Crippen molar-refractivity contribution >= 4 is 27.6 Å². The van der Waals surface area contributed by atoms with Crippen molar-refractivity contribution in [2.45, 2.75) is 25.2 Å². The van der Waals surface area contributed by atoms with E-state index in [1.165, 1.54) is 0 Å². The number of aliphatic carboxylic acids is 1. The molecule has 0 aromatic rings. The highest BCUT2D eigenvalue weighted by Crippen LogP contribution is 2.20. The van der Waals surface area contributed by atoms with E-state index in [1.807, 2.05) is 15.7 Å². The fourth-order valence-electron chi connectivity index (χ4n) is 0.550. The van der Waals surface area contributed by atoms with Crippen molar-refractivity contribution in [2.24, 2.45) is 0 Å². The molecule has 0 atom stereocenters. The van der Waals surface area contributed by atoms with E-state index in [0.717, 1.165) is 12.2 Å². The molecule has 0 saturated heterocycles. The summed E-state index contributed by atoms with van der Waals surface area (Å²) in [5.74, 6) is -1.80. The number of carboxylic acid groups (broad SMARTS) is 1. The molecule has 0 radical (unpaired) electrons. The van der Waals surface area contributed by atoms with Crippen LogP contribution in [0.25, 0.3) is 0 Å². The molecule has 0 amide bonds. The van der Waals surface area contributed by atoms with Crippen LogP contribution in [0.3, 0.4) is 0 Å². The molecule has 0 rings (SSSR count). The van der Waals surface area contributed by atoms with Gasteiger partial charge in [0, 0.05) is 12.2 Å². The van der Waals surface area contributed by atoms with E-state index in [4.69, 9.17) is 9.84 Å². The molecule has 0 fully saturated rings. The van der Waals surface area contributed by atoms with E-state index in [9.17, 15) is 9.59 Å². The van der Waals surface area contributed by atoms with Crippen LogP contribution in [-0.2, 0) is 14.3 Å². The molecule has 1 N–H and O–H groups in total. The molecule has 0 aromatic carbocycles. The van der Waals surface area contributed by atoms with Crippen LogP contribution in [-0.4, -0.2) is 38.3 Å². The number of ether oxygens (including phenoxy) is 1. The number of carbonyl (C=O) groups is 2. The van der Waals surface area contributed by atoms with Crippen molar-refractivity contribution in [3.8, 4) is 0 Å². The molecule has 0 aromatic heterocycles. The molecule has 0 spiro atoms. The minimum Gasteiger partial charge on any atom is -0.478 e. The summed E-state index contributed by atoms with van der Waals surface area (Å²) in [4.78, 5) is 21.2. The van der Waals surface area contributed by atoms with Crippen LogP contribution in [0.1, 0.15) is 13.8 Å². The summed E-state index contributed by atoms with van der Waals surface area (Å²) in [6.45, 7) is 3.56. The molecule has 4 nitrogen and oxygen atoms in total. The second kappa shape index (κ2) is 4.88. The van der Waals surface area contributed by atoms with Crippen LogP contribution in [0.2, 0.25) is 5.72 Å². The third-order valence-electron chi connectivity index (χ3n) is 2.12. The topological polar surface area (TPSA) is 63.6 Å². The lowest BCUT2D eigenvalue weighted by Gasteiger charge is -2.28. The van der Waals surface area contributed by atoms with E-state index in [1.54, 1.807) is 13.8 Å². The molecule has 0 heterocycles. The van der Waals surface area contributed by atoms with Gasteiger partial charge in [0.25, 0.3) is 0 Å². The van der Waals surface area contributed by atoms with Crippen LogP contribution in [0.4, 0.5) is 0 Å². The highest BCUT2D eigenvalue weighted by molar-refractivity contribution is 6.36. The predicted molar refractivity (Wildman–Crippen MR) is 57.8 cm³/mol. The van der Waals surface area contributed by atoms with Gasteiger partial charge in [-0.15, -0.1) is 0 Å². The van der Waals surface area contributed by atoms with E-state index in [2.05, 4.69) is 0 Å². The van der Waals surface area contributed by atoms with Crippen LogP contribution < -0.4 is 0 Å². The quantitative estimate of drug-likeness (QED) is 0.354. The summed E-state index contributed by atoms with van der Waals surface area (Å²) in [6, 6.07) is 0. The number of rotatable bonds is 4. The summed E-state index contributed by atoms with van der Waals surface area (Å²) in [6.07, 6.45) is 1.67. The molecule has 0 aliphatic carbocycles. The van der Waals surface area contributed by atoms with Gasteiger partial charge in [-0.05, 0) is 13.8 Å². The van der Waals surface area contributed by atoms with Crippen molar-refractivity contribution in [3.63, 3.8) is 0 Å². The summed E-state index contributed by atoms with van der Waals surface area (Å²) in [5.41, 5.74) is -0.412. The second-order valence-corrected chi connectivity index (χ2v) is 3.85. The Bertz CT molecular complexity index is 258. The van der Waals surface area contributed by atoms with Crippen molar-refractivity contribution in [3.05, 3.63) is 12.2 Å². The van der Waals surface area contributed by atoms with Crippen molar-refractivity contribution in [1.82, 2.24) is 0 Å². The maximum atomic E-state index is 11.1. The van der Waals surface area contributed by atoms with Gasteiger partial charge < -0.3 is 9.84 Å². The molecule has 0 unspecified atom stereocenters. The Hall–Kier alpha value is -1.19. The number of esters is 1. The van der Waals surface area contributed by atoms with Gasteiger partial charge in [0.2, 0.25) is 0 Å². The summed E-state index contributed by atoms with van der Waals surface area (Å²) < 4.78 is 5.06. The molecular weight excluding hydrogens is 182 g/mol. The molecule has 0 bridgehead atoms. The molecule has 76 valence electrons. The minimum atomic E-state index is -1.16. The number of hydrogen-bond acceptors (Lipinski definition) is 3. The zero-order valence-electron chi connectivity index (χ0n) is 8.90. The van der Waals surface area contributed by atoms with Crippen molar-refractivity contribution in [2.75, 3.05) is 0 Å². The molecule has 14 heavy (non-hydrogen) atoms. The Morgan fingerprint density at radius 1 is 1.36 bits per heavy atom. The Kier molecular flexibility index (Phi) is 4.47. The third kappa shape index (κ3) is 4.74. The first kappa shape index (κ1) is 12.8. The fourth-order valence-corrected chi connectivity index (χ4v) is 0.550. The number of carbonyl (C=O) groups excluding carboxylic acids is 1. The third-order valence-corrected chi connectivity index (χ3v) is 2.12. The predicted octanol–water partition coefficient (Wildman–Crippen LogP) is -1.04. The SMILES string of the molecule is BC(B)C(C)(C)OC(=O)/C=C/C(=O)O. The Balaban J connectivity index is 4.26. The number of carboxylic acids is 1. The lowest BCUT2D eigenvalue weighted by atomic mass is 9.62. The smallest absolute Gasteiger partial charge is 0.331 e. The maximum Gasteiger partial charge on any atom is 0.331 e. The Morgan fingerprint density at radius 3 is 2.21 bits per heavy atom. The standard InChI is InChI=1S/C8H14B2O4/c1-8(2,7(9)10)14-6(13)4-3-5(11)12/h3-4,7H,9-10H2,1-2H3,(H,11,12)/b4-3+. The molecule has 0 aliphatic rings. The van der Waals surface area contributed by atoms with Gasteiger partial charge in [-0.2, -0.15) is 0 Å². The highest BCUT2D eigenvalue weighted by atomic mass is 16.6. The molecule has 0 saturated carbocycles. The lowest BCUT2D eigenvalue weighted by molar-refractivity contribution is -0.149. The monoisotopic (exact) mass is 196 g/mol. The molecule has 0 aliphatic heterocycles. The Morgan fingerprint density at radius 2 is 1.86 bits per heavy atom. The second-order valence-electron chi connectivity index (χ2n) is 3.85. The van der Waals surface area contributed by atoms with E-state index < -0.39 is 17.5 Å². The molecule has 6 heteroatoms. The highest BCUT2D eigenvalue weighted by Gasteiger charge is 2.25. The first-order valence-corrected chi connectivity index (χ1v) is 4.39. The Labute approximate surface area is 85.1 Å². The van der Waals surface area contributed by atoms with Gasteiger partial charge in [0.05, 0.1) is 5.60 Å². The van der Waals surface area contributed by atoms with Gasteiger partial charge in [-0.3, -0.25) is 0 Å². The van der Waals surface area contributed by atoms with Crippen LogP contribution >= 0.6 is 0 Å². The van der Waals surface area contributed by atoms with Gasteiger partial charge in [-0.1, -0.05) is 5.72 Å². The van der Waals surface area contributed by atoms with E-state index >= 15 is 0 Å². The van der Waals surface area contributed by atoms with Crippen LogP contribution in [0.15, 0.2) is 12.2 Å². The van der Waals surface area contributed by atoms with Crippen LogP contribution in [0, 0.1) is 0 Å².